The Morgan fingerprint density at radius 2 is 1.47 bits per heavy atom. The summed E-state index contributed by atoms with van der Waals surface area (Å²) in [5.74, 6) is 2.44. The maximum atomic E-state index is 12.1. The van der Waals surface area contributed by atoms with E-state index in [1.165, 1.54) is 6.08 Å². The SMILES string of the molecule is Cc1nc(Nc2ccc(NC(=O)/C=C/c3ccccc3)cc2)cc(Nc2ccccn2)n1. The van der Waals surface area contributed by atoms with Gasteiger partial charge in [0.1, 0.15) is 23.3 Å². The first-order chi connectivity index (χ1) is 15.6. The normalized spacial score (nSPS) is 10.7. The fourth-order valence-electron chi connectivity index (χ4n) is 2.97. The van der Waals surface area contributed by atoms with Crippen molar-refractivity contribution >= 4 is 40.8 Å². The second-order valence-corrected chi connectivity index (χ2v) is 6.96. The van der Waals surface area contributed by atoms with Crippen molar-refractivity contribution in [1.29, 1.82) is 0 Å². The van der Waals surface area contributed by atoms with Crippen molar-refractivity contribution in [2.24, 2.45) is 0 Å². The molecule has 0 saturated heterocycles. The van der Waals surface area contributed by atoms with Crippen LogP contribution in [0.15, 0.2) is 91.1 Å². The molecule has 0 atom stereocenters. The zero-order valence-electron chi connectivity index (χ0n) is 17.5. The van der Waals surface area contributed by atoms with Crippen LogP contribution in [0.4, 0.5) is 28.8 Å². The highest BCUT2D eigenvalue weighted by Gasteiger charge is 2.05. The Morgan fingerprint density at radius 3 is 2.19 bits per heavy atom. The maximum Gasteiger partial charge on any atom is 0.248 e. The molecule has 0 fully saturated rings. The van der Waals surface area contributed by atoms with E-state index in [1.807, 2.05) is 85.8 Å². The zero-order chi connectivity index (χ0) is 22.2. The van der Waals surface area contributed by atoms with Gasteiger partial charge in [-0.1, -0.05) is 36.4 Å². The topological polar surface area (TPSA) is 91.8 Å². The third kappa shape index (κ3) is 5.99. The van der Waals surface area contributed by atoms with Gasteiger partial charge >= 0.3 is 0 Å². The molecular formula is C25H22N6O. The Bertz CT molecular complexity index is 1210. The summed E-state index contributed by atoms with van der Waals surface area (Å²) in [5, 5.41) is 9.28. The molecule has 2 aromatic carbocycles. The van der Waals surface area contributed by atoms with Crippen LogP contribution in [-0.2, 0) is 4.79 Å². The van der Waals surface area contributed by atoms with Crippen LogP contribution in [-0.4, -0.2) is 20.9 Å². The molecule has 7 heteroatoms. The quantitative estimate of drug-likeness (QED) is 0.349. The molecule has 32 heavy (non-hydrogen) atoms. The number of amides is 1. The lowest BCUT2D eigenvalue weighted by Crippen LogP contribution is -2.07. The summed E-state index contributed by atoms with van der Waals surface area (Å²) >= 11 is 0. The molecule has 2 aromatic heterocycles. The van der Waals surface area contributed by atoms with Crippen LogP contribution in [0, 0.1) is 6.92 Å². The summed E-state index contributed by atoms with van der Waals surface area (Å²) in [6, 6.07) is 24.5. The maximum absolute atomic E-state index is 12.1. The van der Waals surface area contributed by atoms with E-state index in [1.54, 1.807) is 12.3 Å². The molecule has 4 rings (SSSR count). The smallest absolute Gasteiger partial charge is 0.248 e. The Labute approximate surface area is 186 Å². The number of carbonyl (C=O) groups excluding carboxylic acids is 1. The summed E-state index contributed by atoms with van der Waals surface area (Å²) in [6.45, 7) is 1.83. The molecule has 0 aliphatic rings. The summed E-state index contributed by atoms with van der Waals surface area (Å²) in [6.07, 6.45) is 5.01. The fourth-order valence-corrected chi connectivity index (χ4v) is 2.97. The van der Waals surface area contributed by atoms with Crippen molar-refractivity contribution in [2.75, 3.05) is 16.0 Å². The minimum absolute atomic E-state index is 0.189. The highest BCUT2D eigenvalue weighted by molar-refractivity contribution is 6.02. The van der Waals surface area contributed by atoms with E-state index in [9.17, 15) is 4.79 Å². The fraction of sp³-hybridized carbons (Fsp3) is 0.0400. The van der Waals surface area contributed by atoms with Crippen LogP contribution in [0.25, 0.3) is 6.08 Å². The number of carbonyl (C=O) groups is 1. The van der Waals surface area contributed by atoms with Crippen molar-refractivity contribution < 1.29 is 4.79 Å². The Morgan fingerprint density at radius 1 is 0.781 bits per heavy atom. The van der Waals surface area contributed by atoms with Crippen LogP contribution >= 0.6 is 0 Å². The lowest BCUT2D eigenvalue weighted by atomic mass is 10.2. The van der Waals surface area contributed by atoms with Crippen molar-refractivity contribution in [2.45, 2.75) is 6.92 Å². The monoisotopic (exact) mass is 422 g/mol. The second kappa shape index (κ2) is 9.99. The van der Waals surface area contributed by atoms with Gasteiger partial charge in [0.15, 0.2) is 0 Å². The number of nitrogens with one attached hydrogen (secondary N) is 3. The van der Waals surface area contributed by atoms with E-state index in [0.29, 0.717) is 29.0 Å². The molecule has 0 spiro atoms. The molecule has 0 radical (unpaired) electrons. The Hall–Kier alpha value is -4.52. The predicted molar refractivity (Wildman–Crippen MR) is 128 cm³/mol. The Kier molecular flexibility index (Phi) is 6.48. The minimum atomic E-state index is -0.189. The van der Waals surface area contributed by atoms with E-state index in [4.69, 9.17) is 0 Å². The van der Waals surface area contributed by atoms with Gasteiger partial charge in [-0.15, -0.1) is 0 Å². The minimum Gasteiger partial charge on any atom is -0.340 e. The van der Waals surface area contributed by atoms with Gasteiger partial charge in [-0.2, -0.15) is 0 Å². The summed E-state index contributed by atoms with van der Waals surface area (Å²) in [5.41, 5.74) is 2.51. The molecule has 0 bridgehead atoms. The zero-order valence-corrected chi connectivity index (χ0v) is 17.5. The van der Waals surface area contributed by atoms with Gasteiger partial charge in [-0.3, -0.25) is 4.79 Å². The molecule has 0 unspecified atom stereocenters. The number of pyridine rings is 1. The number of anilines is 5. The number of aromatic nitrogens is 3. The average Bonchev–Trinajstić information content (AvgIpc) is 2.80. The standard InChI is InChI=1S/C25H22N6O/c1-18-27-23(17-24(28-18)31-22-9-5-6-16-26-22)29-20-11-13-21(14-12-20)30-25(32)15-10-19-7-3-2-4-8-19/h2-17H,1H3,(H,30,32)(H2,26,27,28,29,31)/b15-10+. The highest BCUT2D eigenvalue weighted by atomic mass is 16.1. The third-order valence-electron chi connectivity index (χ3n) is 4.41. The van der Waals surface area contributed by atoms with Crippen LogP contribution in [0.5, 0.6) is 0 Å². The average molecular weight is 422 g/mol. The summed E-state index contributed by atoms with van der Waals surface area (Å²) in [4.78, 5) is 25.2. The number of hydrogen-bond acceptors (Lipinski definition) is 6. The van der Waals surface area contributed by atoms with Crippen molar-refractivity contribution in [1.82, 2.24) is 15.0 Å². The predicted octanol–water partition coefficient (Wildman–Crippen LogP) is 5.32. The first kappa shape index (κ1) is 20.7. The molecule has 1 amide bonds. The van der Waals surface area contributed by atoms with E-state index in [-0.39, 0.29) is 5.91 Å². The van der Waals surface area contributed by atoms with Crippen molar-refractivity contribution in [3.05, 3.63) is 103 Å². The molecule has 3 N–H and O–H groups in total. The molecule has 0 saturated carbocycles. The van der Waals surface area contributed by atoms with Crippen molar-refractivity contribution in [3.8, 4) is 0 Å². The molecule has 4 aromatic rings. The molecule has 158 valence electrons. The highest BCUT2D eigenvalue weighted by Crippen LogP contribution is 2.21. The van der Waals surface area contributed by atoms with Crippen LogP contribution in [0.1, 0.15) is 11.4 Å². The molecule has 2 heterocycles. The Balaban J connectivity index is 1.38. The number of aryl methyl sites for hydroxylation is 1. The number of hydrogen-bond donors (Lipinski definition) is 3. The van der Waals surface area contributed by atoms with Gasteiger partial charge in [-0.05, 0) is 55.0 Å². The largest absolute Gasteiger partial charge is 0.340 e. The van der Waals surface area contributed by atoms with Crippen LogP contribution in [0.3, 0.4) is 0 Å². The van der Waals surface area contributed by atoms with Gasteiger partial charge in [0.25, 0.3) is 0 Å². The molecule has 7 nitrogen and oxygen atoms in total. The van der Waals surface area contributed by atoms with Gasteiger partial charge in [-0.25, -0.2) is 15.0 Å². The van der Waals surface area contributed by atoms with Crippen molar-refractivity contribution in [3.63, 3.8) is 0 Å². The van der Waals surface area contributed by atoms with E-state index in [2.05, 4.69) is 30.9 Å². The number of nitrogens with zero attached hydrogens (tertiary/aromatic N) is 3. The lowest BCUT2D eigenvalue weighted by molar-refractivity contribution is -0.111. The van der Waals surface area contributed by atoms with E-state index < -0.39 is 0 Å². The molecular weight excluding hydrogens is 400 g/mol. The first-order valence-electron chi connectivity index (χ1n) is 10.1. The van der Waals surface area contributed by atoms with Gasteiger partial charge < -0.3 is 16.0 Å². The molecule has 0 aliphatic heterocycles. The molecule has 0 aliphatic carbocycles. The summed E-state index contributed by atoms with van der Waals surface area (Å²) in [7, 11) is 0. The number of rotatable bonds is 7. The summed E-state index contributed by atoms with van der Waals surface area (Å²) < 4.78 is 0. The lowest BCUT2D eigenvalue weighted by Gasteiger charge is -2.10. The number of benzene rings is 2. The van der Waals surface area contributed by atoms with Gasteiger partial charge in [0.2, 0.25) is 5.91 Å². The van der Waals surface area contributed by atoms with E-state index in [0.717, 1.165) is 11.3 Å². The van der Waals surface area contributed by atoms with Gasteiger partial charge in [0, 0.05) is 29.7 Å². The van der Waals surface area contributed by atoms with Crippen LogP contribution in [0.2, 0.25) is 0 Å². The second-order valence-electron chi connectivity index (χ2n) is 6.96. The third-order valence-corrected chi connectivity index (χ3v) is 4.41. The van der Waals surface area contributed by atoms with Gasteiger partial charge in [0.05, 0.1) is 0 Å². The van der Waals surface area contributed by atoms with Crippen LogP contribution < -0.4 is 16.0 Å². The van der Waals surface area contributed by atoms with E-state index >= 15 is 0 Å². The first-order valence-corrected chi connectivity index (χ1v) is 10.1.